The molecule has 1 aliphatic heterocycles. The number of nitrogens with zero attached hydrogens (tertiary/aromatic N) is 4. The zero-order chi connectivity index (χ0) is 20.1. The number of ether oxygens (including phenoxy) is 1. The molecule has 1 unspecified atom stereocenters. The lowest BCUT2D eigenvalue weighted by molar-refractivity contribution is 0.0764. The lowest BCUT2D eigenvalue weighted by atomic mass is 10.1. The fourth-order valence-electron chi connectivity index (χ4n) is 4.14. The predicted molar refractivity (Wildman–Crippen MR) is 110 cm³/mol. The normalized spacial score (nSPS) is 20.3. The third-order valence-corrected chi connectivity index (χ3v) is 5.82. The highest BCUT2D eigenvalue weighted by molar-refractivity contribution is 6.06. The van der Waals surface area contributed by atoms with Crippen molar-refractivity contribution < 1.29 is 9.53 Å². The van der Waals surface area contributed by atoms with Crippen LogP contribution in [-0.2, 0) is 10.3 Å². The molecular weight excluding hydrogens is 352 g/mol. The molecule has 1 saturated heterocycles. The van der Waals surface area contributed by atoms with E-state index in [4.69, 9.17) is 14.8 Å². The first kappa shape index (κ1) is 19.4. The van der Waals surface area contributed by atoms with Gasteiger partial charge in [0.05, 0.1) is 28.8 Å². The van der Waals surface area contributed by atoms with E-state index in [-0.39, 0.29) is 11.4 Å². The van der Waals surface area contributed by atoms with E-state index in [0.29, 0.717) is 11.8 Å². The van der Waals surface area contributed by atoms with Crippen LogP contribution in [0.5, 0.6) is 0 Å². The molecule has 1 atom stereocenters. The largest absolute Gasteiger partial charge is 0.381 e. The van der Waals surface area contributed by atoms with Crippen molar-refractivity contribution in [2.75, 3.05) is 26.3 Å². The van der Waals surface area contributed by atoms with E-state index in [9.17, 15) is 4.79 Å². The molecule has 2 aromatic rings. The van der Waals surface area contributed by atoms with Crippen LogP contribution >= 0.6 is 0 Å². The van der Waals surface area contributed by atoms with Gasteiger partial charge in [0.25, 0.3) is 5.91 Å². The minimum Gasteiger partial charge on any atom is -0.381 e. The van der Waals surface area contributed by atoms with Crippen molar-refractivity contribution in [2.24, 2.45) is 5.92 Å². The fraction of sp³-hybridized carbons (Fsp3) is 0.682. The van der Waals surface area contributed by atoms with Crippen LogP contribution < -0.4 is 0 Å². The molecule has 4 rings (SSSR count). The van der Waals surface area contributed by atoms with Gasteiger partial charge in [-0.25, -0.2) is 9.67 Å². The molecule has 1 saturated carbocycles. The second kappa shape index (κ2) is 7.14. The average Bonchev–Trinajstić information content (AvgIpc) is 3.29. The van der Waals surface area contributed by atoms with Gasteiger partial charge >= 0.3 is 0 Å². The molecule has 0 aromatic carbocycles. The van der Waals surface area contributed by atoms with E-state index in [0.717, 1.165) is 73.6 Å². The van der Waals surface area contributed by atoms with Crippen molar-refractivity contribution in [1.29, 1.82) is 0 Å². The van der Waals surface area contributed by atoms with E-state index in [2.05, 4.69) is 20.8 Å². The Bertz CT molecular complexity index is 892. The van der Waals surface area contributed by atoms with Crippen molar-refractivity contribution in [2.45, 2.75) is 65.3 Å². The first-order valence-electron chi connectivity index (χ1n) is 10.6. The summed E-state index contributed by atoms with van der Waals surface area (Å²) in [6, 6.07) is 2.04. The molecule has 2 aliphatic rings. The molecule has 152 valence electrons. The topological polar surface area (TPSA) is 60.2 Å². The van der Waals surface area contributed by atoms with E-state index in [1.54, 1.807) is 0 Å². The number of amides is 1. The van der Waals surface area contributed by atoms with Crippen LogP contribution in [0.25, 0.3) is 11.0 Å². The number of likely N-dealkylation sites (tertiary alicyclic amines) is 1. The maximum Gasteiger partial charge on any atom is 0.254 e. The fourth-order valence-corrected chi connectivity index (χ4v) is 4.14. The monoisotopic (exact) mass is 384 g/mol. The zero-order valence-corrected chi connectivity index (χ0v) is 17.8. The van der Waals surface area contributed by atoms with Crippen molar-refractivity contribution in [3.05, 3.63) is 23.0 Å². The van der Waals surface area contributed by atoms with Gasteiger partial charge in [-0.2, -0.15) is 5.10 Å². The first-order valence-corrected chi connectivity index (χ1v) is 10.6. The minimum absolute atomic E-state index is 0.116. The summed E-state index contributed by atoms with van der Waals surface area (Å²) >= 11 is 0. The molecule has 3 heterocycles. The van der Waals surface area contributed by atoms with Crippen LogP contribution in [0.1, 0.15) is 74.6 Å². The number of hydrogen-bond donors (Lipinski definition) is 0. The molecule has 0 N–H and O–H groups in total. The summed E-state index contributed by atoms with van der Waals surface area (Å²) in [6.45, 7) is 13.4. The van der Waals surface area contributed by atoms with Crippen LogP contribution in [0.4, 0.5) is 0 Å². The number of carbonyl (C=O) groups is 1. The van der Waals surface area contributed by atoms with Crippen LogP contribution in [0, 0.1) is 12.8 Å². The van der Waals surface area contributed by atoms with Crippen molar-refractivity contribution in [3.63, 3.8) is 0 Å². The average molecular weight is 385 g/mol. The van der Waals surface area contributed by atoms with Crippen LogP contribution in [0.2, 0.25) is 0 Å². The van der Waals surface area contributed by atoms with Crippen LogP contribution in [-0.4, -0.2) is 51.9 Å². The molecule has 6 heteroatoms. The predicted octanol–water partition coefficient (Wildman–Crippen LogP) is 3.87. The lowest BCUT2D eigenvalue weighted by Gasteiger charge is -2.21. The maximum absolute atomic E-state index is 13.5. The molecule has 0 spiro atoms. The lowest BCUT2D eigenvalue weighted by Crippen LogP contribution is -2.30. The Labute approximate surface area is 167 Å². The third kappa shape index (κ3) is 3.54. The SMILES string of the molecule is CCOCC1CCN(C(=O)c2cc(C3CC3)nc3c2c(C)nn3C(C)(C)C)C1. The summed E-state index contributed by atoms with van der Waals surface area (Å²) in [5.41, 5.74) is 3.37. The smallest absolute Gasteiger partial charge is 0.254 e. The Morgan fingerprint density at radius 2 is 2.04 bits per heavy atom. The number of carbonyl (C=O) groups excluding carboxylic acids is 1. The highest BCUT2D eigenvalue weighted by Gasteiger charge is 2.33. The molecule has 28 heavy (non-hydrogen) atoms. The number of pyridine rings is 1. The molecule has 2 fully saturated rings. The summed E-state index contributed by atoms with van der Waals surface area (Å²) in [5.74, 6) is 1.04. The number of fused-ring (bicyclic) bond motifs is 1. The number of aryl methyl sites for hydroxylation is 1. The van der Waals surface area contributed by atoms with Gasteiger partial charge in [-0.3, -0.25) is 4.79 Å². The van der Waals surface area contributed by atoms with Gasteiger partial charge < -0.3 is 9.64 Å². The van der Waals surface area contributed by atoms with Gasteiger partial charge in [-0.15, -0.1) is 0 Å². The molecular formula is C22H32N4O2. The van der Waals surface area contributed by atoms with Gasteiger partial charge in [-0.1, -0.05) is 0 Å². The summed E-state index contributed by atoms with van der Waals surface area (Å²) in [6.07, 6.45) is 3.33. The van der Waals surface area contributed by atoms with E-state index < -0.39 is 0 Å². The number of hydrogen-bond acceptors (Lipinski definition) is 4. The maximum atomic E-state index is 13.5. The molecule has 0 radical (unpaired) electrons. The summed E-state index contributed by atoms with van der Waals surface area (Å²) in [7, 11) is 0. The van der Waals surface area contributed by atoms with E-state index >= 15 is 0 Å². The van der Waals surface area contributed by atoms with E-state index in [1.165, 1.54) is 0 Å². The second-order valence-corrected chi connectivity index (χ2v) is 9.30. The van der Waals surface area contributed by atoms with Gasteiger partial charge in [0.15, 0.2) is 5.65 Å². The Hall–Kier alpha value is -1.95. The zero-order valence-electron chi connectivity index (χ0n) is 17.8. The van der Waals surface area contributed by atoms with Gasteiger partial charge in [-0.05, 0) is 59.9 Å². The second-order valence-electron chi connectivity index (χ2n) is 9.30. The standard InChI is InChI=1S/C22H32N4O2/c1-6-28-13-15-9-10-25(12-15)21(27)17-11-18(16-7-8-16)23-20-19(17)14(2)24-26(20)22(3,4)5/h11,15-16H,6-10,12-13H2,1-5H3. The molecule has 6 nitrogen and oxygen atoms in total. The summed E-state index contributed by atoms with van der Waals surface area (Å²) in [5, 5.41) is 5.68. The highest BCUT2D eigenvalue weighted by Crippen LogP contribution is 2.41. The molecule has 2 aromatic heterocycles. The van der Waals surface area contributed by atoms with Gasteiger partial charge in [0, 0.05) is 37.2 Å². The Morgan fingerprint density at radius 1 is 1.29 bits per heavy atom. The third-order valence-electron chi connectivity index (χ3n) is 5.82. The Morgan fingerprint density at radius 3 is 2.68 bits per heavy atom. The van der Waals surface area contributed by atoms with E-state index in [1.807, 2.05) is 29.5 Å². The van der Waals surface area contributed by atoms with Crippen molar-refractivity contribution in [1.82, 2.24) is 19.7 Å². The van der Waals surface area contributed by atoms with Crippen molar-refractivity contribution in [3.8, 4) is 0 Å². The quantitative estimate of drug-likeness (QED) is 0.785. The van der Waals surface area contributed by atoms with Crippen LogP contribution in [0.3, 0.4) is 0 Å². The minimum atomic E-state index is -0.182. The Kier molecular flexibility index (Phi) is 4.94. The first-order chi connectivity index (χ1) is 13.3. The number of aromatic nitrogens is 3. The molecule has 1 aliphatic carbocycles. The summed E-state index contributed by atoms with van der Waals surface area (Å²) in [4.78, 5) is 20.5. The van der Waals surface area contributed by atoms with Crippen LogP contribution in [0.15, 0.2) is 6.07 Å². The Balaban J connectivity index is 1.74. The van der Waals surface area contributed by atoms with Gasteiger partial charge in [0.2, 0.25) is 0 Å². The van der Waals surface area contributed by atoms with Crippen molar-refractivity contribution >= 4 is 16.9 Å². The molecule has 1 amide bonds. The van der Waals surface area contributed by atoms with Gasteiger partial charge in [0.1, 0.15) is 0 Å². The number of rotatable bonds is 5. The highest BCUT2D eigenvalue weighted by atomic mass is 16.5. The summed E-state index contributed by atoms with van der Waals surface area (Å²) < 4.78 is 7.57. The molecule has 0 bridgehead atoms.